The summed E-state index contributed by atoms with van der Waals surface area (Å²) in [5, 5.41) is 9.11. The van der Waals surface area contributed by atoms with Crippen LogP contribution in [0.1, 0.15) is 19.3 Å². The van der Waals surface area contributed by atoms with Crippen LogP contribution in [0.5, 0.6) is 0 Å². The second-order valence-corrected chi connectivity index (χ2v) is 4.76. The Bertz CT molecular complexity index is 215. The first kappa shape index (κ1) is 12.5. The van der Waals surface area contributed by atoms with Crippen molar-refractivity contribution in [2.75, 3.05) is 34.2 Å². The topological polar surface area (TPSA) is 43.8 Å². The molecule has 0 radical (unpaired) electrons. The number of likely N-dealkylation sites (N-methyl/N-ethyl adjacent to an activating group) is 1. The lowest BCUT2D eigenvalue weighted by Gasteiger charge is -2.24. The van der Waals surface area contributed by atoms with E-state index >= 15 is 0 Å². The Kier molecular flexibility index (Phi) is 4.54. The van der Waals surface area contributed by atoms with Crippen molar-refractivity contribution in [1.82, 2.24) is 9.80 Å². The Morgan fingerprint density at radius 3 is 2.33 bits per heavy atom. The first-order chi connectivity index (χ1) is 7.02. The van der Waals surface area contributed by atoms with E-state index in [2.05, 4.69) is 4.90 Å². The van der Waals surface area contributed by atoms with Crippen molar-refractivity contribution in [1.29, 1.82) is 0 Å². The summed E-state index contributed by atoms with van der Waals surface area (Å²) in [7, 11) is 6.00. The molecule has 1 unspecified atom stereocenters. The summed E-state index contributed by atoms with van der Waals surface area (Å²) in [5.74, 6) is -0.267. The molecular weight excluding hydrogens is 192 g/mol. The van der Waals surface area contributed by atoms with E-state index in [1.54, 1.807) is 0 Å². The van der Waals surface area contributed by atoms with Gasteiger partial charge in [-0.05, 0) is 59.4 Å². The van der Waals surface area contributed by atoms with Crippen LogP contribution < -0.4 is 0 Å². The van der Waals surface area contributed by atoms with Gasteiger partial charge in [0.2, 0.25) is 0 Å². The molecule has 0 saturated heterocycles. The molecule has 0 bridgehead atoms. The molecule has 1 atom stereocenters. The van der Waals surface area contributed by atoms with Crippen molar-refractivity contribution >= 4 is 5.97 Å². The highest BCUT2D eigenvalue weighted by Crippen LogP contribution is 2.35. The fourth-order valence-electron chi connectivity index (χ4n) is 1.94. The Morgan fingerprint density at radius 2 is 1.93 bits per heavy atom. The molecular formula is C11H22N2O2. The third-order valence-electron chi connectivity index (χ3n) is 2.91. The Balaban J connectivity index is 2.29. The van der Waals surface area contributed by atoms with Crippen molar-refractivity contribution in [3.63, 3.8) is 0 Å². The maximum absolute atomic E-state index is 11.1. The summed E-state index contributed by atoms with van der Waals surface area (Å²) in [6.07, 6.45) is 3.18. The predicted molar refractivity (Wildman–Crippen MR) is 59.9 cm³/mol. The monoisotopic (exact) mass is 214 g/mol. The van der Waals surface area contributed by atoms with Crippen molar-refractivity contribution in [3.8, 4) is 0 Å². The standard InChI is InChI=1S/C11H22N2O2/c1-12(2)7-4-8-13(3)10(11(14)15)9-5-6-9/h9-10H,4-8H2,1-3H3,(H,14,15). The first-order valence-corrected chi connectivity index (χ1v) is 5.60. The average molecular weight is 214 g/mol. The van der Waals surface area contributed by atoms with Gasteiger partial charge in [-0.1, -0.05) is 0 Å². The second-order valence-electron chi connectivity index (χ2n) is 4.76. The fourth-order valence-corrected chi connectivity index (χ4v) is 1.94. The van der Waals surface area contributed by atoms with E-state index in [-0.39, 0.29) is 6.04 Å². The van der Waals surface area contributed by atoms with Gasteiger partial charge in [-0.3, -0.25) is 9.69 Å². The summed E-state index contributed by atoms with van der Waals surface area (Å²) in [4.78, 5) is 15.2. The Labute approximate surface area is 91.9 Å². The summed E-state index contributed by atoms with van der Waals surface area (Å²) < 4.78 is 0. The SMILES string of the molecule is CN(C)CCCN(C)C(C(=O)O)C1CC1. The number of hydrogen-bond donors (Lipinski definition) is 1. The van der Waals surface area contributed by atoms with E-state index in [1.165, 1.54) is 0 Å². The lowest BCUT2D eigenvalue weighted by Crippen LogP contribution is -2.41. The van der Waals surface area contributed by atoms with Gasteiger partial charge in [0.1, 0.15) is 6.04 Å². The Morgan fingerprint density at radius 1 is 1.33 bits per heavy atom. The van der Waals surface area contributed by atoms with Gasteiger partial charge in [-0.15, -0.1) is 0 Å². The molecule has 4 heteroatoms. The fraction of sp³-hybridized carbons (Fsp3) is 0.909. The molecule has 0 amide bonds. The van der Waals surface area contributed by atoms with Crippen LogP contribution in [-0.4, -0.2) is 61.2 Å². The summed E-state index contributed by atoms with van der Waals surface area (Å²) >= 11 is 0. The molecule has 0 aromatic heterocycles. The van der Waals surface area contributed by atoms with Crippen LogP contribution >= 0.6 is 0 Å². The molecule has 0 aliphatic heterocycles. The number of aliphatic carboxylic acids is 1. The van der Waals surface area contributed by atoms with E-state index in [0.29, 0.717) is 5.92 Å². The van der Waals surface area contributed by atoms with Crippen molar-refractivity contribution in [2.45, 2.75) is 25.3 Å². The smallest absolute Gasteiger partial charge is 0.321 e. The van der Waals surface area contributed by atoms with Crippen LogP contribution in [0, 0.1) is 5.92 Å². The van der Waals surface area contributed by atoms with Crippen LogP contribution in [-0.2, 0) is 4.79 Å². The third kappa shape index (κ3) is 4.18. The molecule has 0 aromatic rings. The van der Waals surface area contributed by atoms with Crippen LogP contribution in [0.15, 0.2) is 0 Å². The minimum absolute atomic E-state index is 0.257. The van der Waals surface area contributed by atoms with Gasteiger partial charge in [0.15, 0.2) is 0 Å². The van der Waals surface area contributed by atoms with Gasteiger partial charge in [0.05, 0.1) is 0 Å². The van der Waals surface area contributed by atoms with Crippen molar-refractivity contribution in [3.05, 3.63) is 0 Å². The van der Waals surface area contributed by atoms with Gasteiger partial charge in [0, 0.05) is 0 Å². The molecule has 0 aromatic carbocycles. The lowest BCUT2D eigenvalue weighted by atomic mass is 10.1. The Hall–Kier alpha value is -0.610. The minimum Gasteiger partial charge on any atom is -0.480 e. The molecule has 1 N–H and O–H groups in total. The van der Waals surface area contributed by atoms with Crippen molar-refractivity contribution < 1.29 is 9.90 Å². The van der Waals surface area contributed by atoms with Crippen LogP contribution in [0.25, 0.3) is 0 Å². The molecule has 1 saturated carbocycles. The number of carboxylic acids is 1. The van der Waals surface area contributed by atoms with E-state index in [1.807, 2.05) is 26.0 Å². The zero-order valence-corrected chi connectivity index (χ0v) is 9.94. The predicted octanol–water partition coefficient (Wildman–Crippen LogP) is 0.733. The molecule has 4 nitrogen and oxygen atoms in total. The quantitative estimate of drug-likeness (QED) is 0.678. The van der Waals surface area contributed by atoms with E-state index in [4.69, 9.17) is 5.11 Å². The highest BCUT2D eigenvalue weighted by Gasteiger charge is 2.38. The largest absolute Gasteiger partial charge is 0.480 e. The first-order valence-electron chi connectivity index (χ1n) is 5.60. The molecule has 15 heavy (non-hydrogen) atoms. The van der Waals surface area contributed by atoms with Gasteiger partial charge < -0.3 is 10.0 Å². The van der Waals surface area contributed by atoms with Gasteiger partial charge in [0.25, 0.3) is 0 Å². The molecule has 88 valence electrons. The van der Waals surface area contributed by atoms with E-state index in [9.17, 15) is 4.79 Å². The summed E-state index contributed by atoms with van der Waals surface area (Å²) in [6, 6.07) is -0.257. The molecule has 1 fully saturated rings. The highest BCUT2D eigenvalue weighted by atomic mass is 16.4. The summed E-state index contributed by atoms with van der Waals surface area (Å²) in [5.41, 5.74) is 0. The van der Waals surface area contributed by atoms with Gasteiger partial charge in [-0.25, -0.2) is 0 Å². The van der Waals surface area contributed by atoms with Gasteiger partial charge >= 0.3 is 5.97 Å². The van der Waals surface area contributed by atoms with E-state index in [0.717, 1.165) is 32.4 Å². The summed E-state index contributed by atoms with van der Waals surface area (Å²) in [6.45, 7) is 1.88. The lowest BCUT2D eigenvalue weighted by molar-refractivity contribution is -0.143. The van der Waals surface area contributed by atoms with Crippen molar-refractivity contribution in [2.24, 2.45) is 5.92 Å². The van der Waals surface area contributed by atoms with E-state index < -0.39 is 5.97 Å². The molecule has 1 rings (SSSR count). The van der Waals surface area contributed by atoms with Crippen LogP contribution in [0.3, 0.4) is 0 Å². The molecule has 1 aliphatic rings. The number of carboxylic acid groups (broad SMARTS) is 1. The van der Waals surface area contributed by atoms with Crippen LogP contribution in [0.4, 0.5) is 0 Å². The van der Waals surface area contributed by atoms with Gasteiger partial charge in [-0.2, -0.15) is 0 Å². The second kappa shape index (κ2) is 5.47. The zero-order chi connectivity index (χ0) is 11.4. The molecule has 1 aliphatic carbocycles. The molecule has 0 spiro atoms. The number of hydrogen-bond acceptors (Lipinski definition) is 3. The number of carbonyl (C=O) groups is 1. The minimum atomic E-state index is -0.662. The number of rotatable bonds is 7. The zero-order valence-electron chi connectivity index (χ0n) is 9.94. The highest BCUT2D eigenvalue weighted by molar-refractivity contribution is 5.74. The average Bonchev–Trinajstić information content (AvgIpc) is 2.87. The maximum Gasteiger partial charge on any atom is 0.321 e. The normalized spacial score (nSPS) is 18.5. The molecule has 0 heterocycles. The van der Waals surface area contributed by atoms with Crippen LogP contribution in [0.2, 0.25) is 0 Å². The maximum atomic E-state index is 11.1. The third-order valence-corrected chi connectivity index (χ3v) is 2.91. The number of nitrogens with zero attached hydrogens (tertiary/aromatic N) is 2.